The van der Waals surface area contributed by atoms with Crippen LogP contribution < -0.4 is 5.32 Å². The van der Waals surface area contributed by atoms with Crippen molar-refractivity contribution in [3.8, 4) is 0 Å². The van der Waals surface area contributed by atoms with Gasteiger partial charge in [0.2, 0.25) is 0 Å². The topological polar surface area (TPSA) is 12.0 Å². The molecule has 20 heavy (non-hydrogen) atoms. The normalized spacial score (nSPS) is 17.4. The summed E-state index contributed by atoms with van der Waals surface area (Å²) in [5.74, 6) is 2.12. The first-order valence-electron chi connectivity index (χ1n) is 8.42. The number of nitrogens with one attached hydrogen (secondary N) is 1. The number of hydrogen-bond acceptors (Lipinski definition) is 1. The lowest BCUT2D eigenvalue weighted by atomic mass is 9.77. The summed E-state index contributed by atoms with van der Waals surface area (Å²) in [6.07, 6.45) is 3.78. The van der Waals surface area contributed by atoms with E-state index in [1.807, 2.05) is 0 Å². The van der Waals surface area contributed by atoms with E-state index in [9.17, 15) is 0 Å². The molecule has 0 spiro atoms. The summed E-state index contributed by atoms with van der Waals surface area (Å²) in [5, 5.41) is 3.76. The summed E-state index contributed by atoms with van der Waals surface area (Å²) in [6.45, 7) is 12.7. The van der Waals surface area contributed by atoms with Crippen LogP contribution in [0.2, 0.25) is 0 Å². The van der Waals surface area contributed by atoms with Gasteiger partial charge in [0.1, 0.15) is 0 Å². The first-order valence-corrected chi connectivity index (χ1v) is 8.42. The van der Waals surface area contributed by atoms with Gasteiger partial charge in [-0.2, -0.15) is 0 Å². The first-order chi connectivity index (χ1) is 9.63. The van der Waals surface area contributed by atoms with Crippen molar-refractivity contribution in [2.24, 2.45) is 11.8 Å². The second kappa shape index (κ2) is 9.18. The highest BCUT2D eigenvalue weighted by molar-refractivity contribution is 5.22. The van der Waals surface area contributed by atoms with Crippen molar-refractivity contribution in [1.29, 1.82) is 0 Å². The third-order valence-corrected chi connectivity index (χ3v) is 4.69. The molecule has 0 radical (unpaired) electrons. The number of likely N-dealkylation sites (N-methyl/N-ethyl adjacent to an activating group) is 1. The van der Waals surface area contributed by atoms with Gasteiger partial charge in [-0.3, -0.25) is 0 Å². The smallest absolute Gasteiger partial charge is 0.0141 e. The number of rotatable bonds is 9. The van der Waals surface area contributed by atoms with Crippen molar-refractivity contribution >= 4 is 0 Å². The van der Waals surface area contributed by atoms with Gasteiger partial charge >= 0.3 is 0 Å². The molecular weight excluding hydrogens is 242 g/mol. The molecule has 4 unspecified atom stereocenters. The monoisotopic (exact) mass is 275 g/mol. The van der Waals surface area contributed by atoms with Crippen molar-refractivity contribution in [2.45, 2.75) is 65.8 Å². The van der Waals surface area contributed by atoms with Crippen LogP contribution in [0.15, 0.2) is 30.3 Å². The Morgan fingerprint density at radius 2 is 1.60 bits per heavy atom. The second-order valence-corrected chi connectivity index (χ2v) is 6.24. The maximum atomic E-state index is 3.76. The maximum Gasteiger partial charge on any atom is 0.0141 e. The fraction of sp³-hybridized carbons (Fsp3) is 0.684. The fourth-order valence-corrected chi connectivity index (χ4v) is 3.11. The molecule has 0 amide bonds. The Kier molecular flexibility index (Phi) is 7.91. The Bertz CT molecular complexity index is 346. The minimum Gasteiger partial charge on any atom is -0.314 e. The van der Waals surface area contributed by atoms with E-state index >= 15 is 0 Å². The van der Waals surface area contributed by atoms with Gasteiger partial charge < -0.3 is 5.32 Å². The predicted molar refractivity (Wildman–Crippen MR) is 90.2 cm³/mol. The summed E-state index contributed by atoms with van der Waals surface area (Å²) in [7, 11) is 0. The molecule has 4 atom stereocenters. The number of benzene rings is 1. The summed E-state index contributed by atoms with van der Waals surface area (Å²) in [5.41, 5.74) is 1.50. The zero-order chi connectivity index (χ0) is 15.0. The van der Waals surface area contributed by atoms with Crippen molar-refractivity contribution in [3.63, 3.8) is 0 Å². The van der Waals surface area contributed by atoms with E-state index in [4.69, 9.17) is 0 Å². The third kappa shape index (κ3) is 4.94. The Labute approximate surface area is 126 Å². The Balaban J connectivity index is 2.98. The molecule has 0 saturated heterocycles. The van der Waals surface area contributed by atoms with Crippen LogP contribution in [-0.4, -0.2) is 12.6 Å². The molecule has 1 heteroatoms. The van der Waals surface area contributed by atoms with Crippen LogP contribution in [0.1, 0.15) is 65.4 Å². The van der Waals surface area contributed by atoms with Gasteiger partial charge in [-0.1, -0.05) is 77.8 Å². The summed E-state index contributed by atoms with van der Waals surface area (Å²) < 4.78 is 0. The molecule has 1 N–H and O–H groups in total. The summed E-state index contributed by atoms with van der Waals surface area (Å²) >= 11 is 0. The number of hydrogen-bond donors (Lipinski definition) is 1. The van der Waals surface area contributed by atoms with Gasteiger partial charge in [-0.05, 0) is 30.4 Å². The maximum absolute atomic E-state index is 3.76. The quantitative estimate of drug-likeness (QED) is 0.650. The van der Waals surface area contributed by atoms with Crippen LogP contribution in [0.3, 0.4) is 0 Å². The molecule has 0 bridgehead atoms. The van der Waals surface area contributed by atoms with Crippen LogP contribution in [0.5, 0.6) is 0 Å². The first kappa shape index (κ1) is 17.2. The van der Waals surface area contributed by atoms with Gasteiger partial charge in [-0.15, -0.1) is 0 Å². The highest BCUT2D eigenvalue weighted by Crippen LogP contribution is 2.33. The van der Waals surface area contributed by atoms with Gasteiger partial charge in [-0.25, -0.2) is 0 Å². The van der Waals surface area contributed by atoms with Crippen LogP contribution in [0, 0.1) is 11.8 Å². The highest BCUT2D eigenvalue weighted by Gasteiger charge is 2.27. The SMILES string of the molecule is CCNC(CC(C)CC)C(c1ccccc1)C(C)CC. The molecule has 0 aromatic heterocycles. The van der Waals surface area contributed by atoms with E-state index in [0.29, 0.717) is 17.9 Å². The van der Waals surface area contributed by atoms with E-state index in [0.717, 1.165) is 12.5 Å². The molecule has 0 fully saturated rings. The van der Waals surface area contributed by atoms with Crippen LogP contribution in [0.4, 0.5) is 0 Å². The molecule has 0 heterocycles. The lowest BCUT2D eigenvalue weighted by Gasteiger charge is -2.34. The lowest BCUT2D eigenvalue weighted by Crippen LogP contribution is -2.39. The van der Waals surface area contributed by atoms with Gasteiger partial charge in [0.05, 0.1) is 0 Å². The van der Waals surface area contributed by atoms with E-state index < -0.39 is 0 Å². The minimum atomic E-state index is 0.590. The summed E-state index contributed by atoms with van der Waals surface area (Å²) in [4.78, 5) is 0. The average Bonchev–Trinajstić information content (AvgIpc) is 2.48. The van der Waals surface area contributed by atoms with E-state index in [1.165, 1.54) is 24.8 Å². The van der Waals surface area contributed by atoms with E-state index in [-0.39, 0.29) is 0 Å². The van der Waals surface area contributed by atoms with Gasteiger partial charge in [0.15, 0.2) is 0 Å². The molecule has 1 aromatic rings. The molecule has 1 aromatic carbocycles. The zero-order valence-corrected chi connectivity index (χ0v) is 14.0. The standard InChI is InChI=1S/C19H33N/c1-6-15(4)14-18(20-8-3)19(16(5)7-2)17-12-10-9-11-13-17/h9-13,15-16,18-20H,6-8,14H2,1-5H3. The van der Waals surface area contributed by atoms with Crippen LogP contribution in [-0.2, 0) is 0 Å². The largest absolute Gasteiger partial charge is 0.314 e. The summed E-state index contributed by atoms with van der Waals surface area (Å²) in [6, 6.07) is 11.7. The van der Waals surface area contributed by atoms with Crippen molar-refractivity contribution in [1.82, 2.24) is 5.32 Å². The van der Waals surface area contributed by atoms with Gasteiger partial charge in [0.25, 0.3) is 0 Å². The van der Waals surface area contributed by atoms with Crippen molar-refractivity contribution < 1.29 is 0 Å². The van der Waals surface area contributed by atoms with E-state index in [1.54, 1.807) is 0 Å². The fourth-order valence-electron chi connectivity index (χ4n) is 3.11. The highest BCUT2D eigenvalue weighted by atomic mass is 14.9. The second-order valence-electron chi connectivity index (χ2n) is 6.24. The van der Waals surface area contributed by atoms with Crippen LogP contribution >= 0.6 is 0 Å². The zero-order valence-electron chi connectivity index (χ0n) is 14.0. The Morgan fingerprint density at radius 3 is 2.10 bits per heavy atom. The molecule has 0 aliphatic carbocycles. The average molecular weight is 275 g/mol. The lowest BCUT2D eigenvalue weighted by molar-refractivity contribution is 0.291. The molecule has 114 valence electrons. The molecule has 1 nitrogen and oxygen atoms in total. The third-order valence-electron chi connectivity index (χ3n) is 4.69. The molecule has 1 rings (SSSR count). The van der Waals surface area contributed by atoms with Crippen molar-refractivity contribution in [3.05, 3.63) is 35.9 Å². The Hall–Kier alpha value is -0.820. The van der Waals surface area contributed by atoms with Crippen LogP contribution in [0.25, 0.3) is 0 Å². The minimum absolute atomic E-state index is 0.590. The van der Waals surface area contributed by atoms with E-state index in [2.05, 4.69) is 70.3 Å². The molecule has 0 aliphatic heterocycles. The molecule has 0 saturated carbocycles. The van der Waals surface area contributed by atoms with Crippen molar-refractivity contribution in [2.75, 3.05) is 6.54 Å². The molecular formula is C19H33N. The van der Waals surface area contributed by atoms with Gasteiger partial charge in [0, 0.05) is 12.0 Å². The molecule has 0 aliphatic rings. The predicted octanol–water partition coefficient (Wildman–Crippen LogP) is 5.23. The Morgan fingerprint density at radius 1 is 0.950 bits per heavy atom.